The molecule has 1 atom stereocenters. The molecule has 1 aliphatic rings. The number of anilines is 1. The minimum atomic E-state index is -3.73. The highest BCUT2D eigenvalue weighted by molar-refractivity contribution is 7.89. The lowest BCUT2D eigenvalue weighted by Gasteiger charge is -2.26. The van der Waals surface area contributed by atoms with Gasteiger partial charge >= 0.3 is 0 Å². The van der Waals surface area contributed by atoms with Crippen molar-refractivity contribution >= 4 is 21.6 Å². The van der Waals surface area contributed by atoms with Crippen LogP contribution < -0.4 is 19.5 Å². The standard InChI is InChI=1S/C23H30N2O6S/c1-4-20(31-19-10-8-9-18(16-19)29-2)23(26)24-17-11-12-21(30-3)22(15-17)32(27,28)25-13-6-5-7-14-25/h8-12,15-16,20H,4-7,13-14H2,1-3H3,(H,24,26)/t20-/m1/s1. The number of sulfonamides is 1. The molecule has 0 saturated carbocycles. The summed E-state index contributed by atoms with van der Waals surface area (Å²) in [6.07, 6.45) is 2.35. The van der Waals surface area contributed by atoms with E-state index in [4.69, 9.17) is 14.2 Å². The van der Waals surface area contributed by atoms with Gasteiger partial charge in [-0.3, -0.25) is 4.79 Å². The maximum Gasteiger partial charge on any atom is 0.265 e. The van der Waals surface area contributed by atoms with Gasteiger partial charge in [-0.1, -0.05) is 19.4 Å². The van der Waals surface area contributed by atoms with Crippen LogP contribution in [0.1, 0.15) is 32.6 Å². The SMILES string of the molecule is CC[C@@H](Oc1cccc(OC)c1)C(=O)Nc1ccc(OC)c(S(=O)(=O)N2CCCCC2)c1. The molecular weight excluding hydrogens is 432 g/mol. The fourth-order valence-corrected chi connectivity index (χ4v) is 5.28. The first-order valence-corrected chi connectivity index (χ1v) is 12.1. The number of methoxy groups -OCH3 is 2. The molecule has 0 radical (unpaired) electrons. The maximum atomic E-state index is 13.2. The van der Waals surface area contributed by atoms with E-state index in [2.05, 4.69) is 5.32 Å². The number of amides is 1. The van der Waals surface area contributed by atoms with E-state index in [-0.39, 0.29) is 16.6 Å². The van der Waals surface area contributed by atoms with E-state index < -0.39 is 16.1 Å². The third-order valence-corrected chi connectivity index (χ3v) is 7.27. The number of piperidine rings is 1. The first-order chi connectivity index (χ1) is 15.4. The molecular formula is C23H30N2O6S. The van der Waals surface area contributed by atoms with Gasteiger partial charge in [0.15, 0.2) is 6.10 Å². The molecule has 3 rings (SSSR count). The number of nitrogens with zero attached hydrogens (tertiary/aromatic N) is 1. The quantitative estimate of drug-likeness (QED) is 0.611. The Morgan fingerprint density at radius 3 is 2.41 bits per heavy atom. The van der Waals surface area contributed by atoms with E-state index in [0.717, 1.165) is 19.3 Å². The van der Waals surface area contributed by atoms with E-state index >= 15 is 0 Å². The van der Waals surface area contributed by atoms with E-state index in [1.54, 1.807) is 43.5 Å². The Kier molecular flexibility index (Phi) is 7.98. The highest BCUT2D eigenvalue weighted by Gasteiger charge is 2.29. The minimum absolute atomic E-state index is 0.0430. The van der Waals surface area contributed by atoms with Gasteiger partial charge in [0.1, 0.15) is 22.1 Å². The number of carbonyl (C=O) groups excluding carboxylic acids is 1. The zero-order valence-corrected chi connectivity index (χ0v) is 19.5. The van der Waals surface area contributed by atoms with Crippen molar-refractivity contribution in [3.05, 3.63) is 42.5 Å². The summed E-state index contributed by atoms with van der Waals surface area (Å²) in [7, 11) is -0.747. The van der Waals surface area contributed by atoms with Crippen molar-refractivity contribution in [2.45, 2.75) is 43.6 Å². The molecule has 174 valence electrons. The van der Waals surface area contributed by atoms with Crippen molar-refractivity contribution in [1.29, 1.82) is 0 Å². The Balaban J connectivity index is 1.80. The zero-order valence-electron chi connectivity index (χ0n) is 18.7. The van der Waals surface area contributed by atoms with Gasteiger partial charge in [-0.15, -0.1) is 0 Å². The summed E-state index contributed by atoms with van der Waals surface area (Å²) < 4.78 is 44.2. The van der Waals surface area contributed by atoms with Gasteiger partial charge in [-0.05, 0) is 49.6 Å². The summed E-state index contributed by atoms with van der Waals surface area (Å²) in [5.41, 5.74) is 0.360. The summed E-state index contributed by atoms with van der Waals surface area (Å²) in [6.45, 7) is 2.80. The summed E-state index contributed by atoms with van der Waals surface area (Å²) >= 11 is 0. The van der Waals surface area contributed by atoms with Gasteiger partial charge in [0.2, 0.25) is 10.0 Å². The number of hydrogen-bond donors (Lipinski definition) is 1. The second-order valence-electron chi connectivity index (χ2n) is 7.51. The summed E-state index contributed by atoms with van der Waals surface area (Å²) in [5, 5.41) is 2.77. The fourth-order valence-electron chi connectivity index (χ4n) is 3.58. The molecule has 0 bridgehead atoms. The van der Waals surface area contributed by atoms with Crippen LogP contribution in [0.5, 0.6) is 17.2 Å². The van der Waals surface area contributed by atoms with Crippen molar-refractivity contribution in [3.63, 3.8) is 0 Å². The van der Waals surface area contributed by atoms with E-state index in [9.17, 15) is 13.2 Å². The molecule has 0 unspecified atom stereocenters. The monoisotopic (exact) mass is 462 g/mol. The molecule has 1 saturated heterocycles. The molecule has 32 heavy (non-hydrogen) atoms. The molecule has 0 aliphatic carbocycles. The van der Waals surface area contributed by atoms with Crippen LogP contribution in [0.25, 0.3) is 0 Å². The second-order valence-corrected chi connectivity index (χ2v) is 9.42. The molecule has 2 aromatic rings. The van der Waals surface area contributed by atoms with Crippen LogP contribution in [0, 0.1) is 0 Å². The summed E-state index contributed by atoms with van der Waals surface area (Å²) in [5.74, 6) is 1.00. The van der Waals surface area contributed by atoms with Crippen molar-refractivity contribution in [2.24, 2.45) is 0 Å². The third-order valence-electron chi connectivity index (χ3n) is 5.35. The van der Waals surface area contributed by atoms with Gasteiger partial charge < -0.3 is 19.5 Å². The van der Waals surface area contributed by atoms with Crippen LogP contribution in [0.2, 0.25) is 0 Å². The Labute approximate surface area is 189 Å². The molecule has 1 N–H and O–H groups in total. The average Bonchev–Trinajstić information content (AvgIpc) is 2.83. The molecule has 0 aromatic heterocycles. The molecule has 0 spiro atoms. The van der Waals surface area contributed by atoms with Gasteiger partial charge in [0, 0.05) is 24.8 Å². The van der Waals surface area contributed by atoms with Crippen molar-refractivity contribution in [2.75, 3.05) is 32.6 Å². The first kappa shape index (κ1) is 23.9. The first-order valence-electron chi connectivity index (χ1n) is 10.7. The fraction of sp³-hybridized carbons (Fsp3) is 0.435. The number of carbonyl (C=O) groups is 1. The van der Waals surface area contributed by atoms with Crippen molar-refractivity contribution < 1.29 is 27.4 Å². The maximum absolute atomic E-state index is 13.2. The predicted octanol–water partition coefficient (Wildman–Crippen LogP) is 3.67. The summed E-state index contributed by atoms with van der Waals surface area (Å²) in [6, 6.07) is 11.6. The highest BCUT2D eigenvalue weighted by atomic mass is 32.2. The van der Waals surface area contributed by atoms with Gasteiger partial charge in [-0.25, -0.2) is 8.42 Å². The number of ether oxygens (including phenoxy) is 3. The molecule has 1 heterocycles. The topological polar surface area (TPSA) is 94.2 Å². The van der Waals surface area contributed by atoms with Gasteiger partial charge in [0.25, 0.3) is 5.91 Å². The second kappa shape index (κ2) is 10.7. The Morgan fingerprint density at radius 1 is 1.03 bits per heavy atom. The average molecular weight is 463 g/mol. The number of rotatable bonds is 9. The lowest BCUT2D eigenvalue weighted by atomic mass is 10.2. The van der Waals surface area contributed by atoms with Crippen molar-refractivity contribution in [3.8, 4) is 17.2 Å². The lowest BCUT2D eigenvalue weighted by Crippen LogP contribution is -2.36. The molecule has 1 aliphatic heterocycles. The molecule has 2 aromatic carbocycles. The Bertz CT molecular complexity index is 1030. The van der Waals surface area contributed by atoms with E-state index in [1.807, 2.05) is 6.92 Å². The lowest BCUT2D eigenvalue weighted by molar-refractivity contribution is -0.122. The number of benzene rings is 2. The molecule has 1 fully saturated rings. The molecule has 9 heteroatoms. The third kappa shape index (κ3) is 5.52. The van der Waals surface area contributed by atoms with Crippen molar-refractivity contribution in [1.82, 2.24) is 4.31 Å². The number of hydrogen-bond acceptors (Lipinski definition) is 6. The van der Waals surface area contributed by atoms with Crippen LogP contribution in [0.4, 0.5) is 5.69 Å². The summed E-state index contributed by atoms with van der Waals surface area (Å²) in [4.78, 5) is 12.9. The Morgan fingerprint density at radius 2 is 1.75 bits per heavy atom. The van der Waals surface area contributed by atoms with Crippen LogP contribution in [0.15, 0.2) is 47.4 Å². The van der Waals surface area contributed by atoms with Gasteiger partial charge in [0.05, 0.1) is 14.2 Å². The number of nitrogens with one attached hydrogen (secondary N) is 1. The highest BCUT2D eigenvalue weighted by Crippen LogP contribution is 2.31. The zero-order chi connectivity index (χ0) is 23.1. The molecule has 8 nitrogen and oxygen atoms in total. The van der Waals surface area contributed by atoms with Crippen LogP contribution >= 0.6 is 0 Å². The van der Waals surface area contributed by atoms with Crippen LogP contribution in [0.3, 0.4) is 0 Å². The smallest absolute Gasteiger partial charge is 0.265 e. The normalized spacial score (nSPS) is 15.6. The largest absolute Gasteiger partial charge is 0.497 e. The minimum Gasteiger partial charge on any atom is -0.497 e. The molecule has 1 amide bonds. The Hall–Kier alpha value is -2.78. The van der Waals surface area contributed by atoms with Gasteiger partial charge in [-0.2, -0.15) is 4.31 Å². The van der Waals surface area contributed by atoms with Crippen LogP contribution in [-0.4, -0.2) is 52.0 Å². The van der Waals surface area contributed by atoms with Crippen LogP contribution in [-0.2, 0) is 14.8 Å². The predicted molar refractivity (Wildman–Crippen MR) is 122 cm³/mol. The van der Waals surface area contributed by atoms with E-state index in [1.165, 1.54) is 17.5 Å². The van der Waals surface area contributed by atoms with E-state index in [0.29, 0.717) is 36.7 Å².